The third kappa shape index (κ3) is 6.18. The summed E-state index contributed by atoms with van der Waals surface area (Å²) in [5, 5.41) is 5.80. The van der Waals surface area contributed by atoms with Gasteiger partial charge in [0.05, 0.1) is 34.6 Å². The van der Waals surface area contributed by atoms with Crippen LogP contribution in [0.5, 0.6) is 11.5 Å². The summed E-state index contributed by atoms with van der Waals surface area (Å²) >= 11 is 0. The van der Waals surface area contributed by atoms with Crippen molar-refractivity contribution >= 4 is 60.2 Å². The Labute approximate surface area is 352 Å². The van der Waals surface area contributed by atoms with Crippen LogP contribution < -0.4 is 4.74 Å². The minimum absolute atomic E-state index is 0.214. The molecule has 8 aromatic carbocycles. The Morgan fingerprint density at radius 1 is 0.607 bits per heavy atom. The SMILES string of the molecule is [C-]#[N+]c1cc2cc3oc4c(-c5nc6ccccc6n5-c5ccc(-c6ccccc6)cc5C(C)(C)C)cc(Oc5cccc(-c6ccccn6)c5)cc4c3cc2c2ccccc12. The highest BCUT2D eigenvalue weighted by atomic mass is 16.5. The molecule has 0 bridgehead atoms. The summed E-state index contributed by atoms with van der Waals surface area (Å²) in [4.78, 5) is 13.9. The molecule has 0 amide bonds. The number of para-hydroxylation sites is 2. The summed E-state index contributed by atoms with van der Waals surface area (Å²) in [6.45, 7) is 14.8. The van der Waals surface area contributed by atoms with Gasteiger partial charge in [-0.2, -0.15) is 0 Å². The number of hydrogen-bond acceptors (Lipinski definition) is 4. The maximum absolute atomic E-state index is 7.97. The summed E-state index contributed by atoms with van der Waals surface area (Å²) < 4.78 is 16.1. The van der Waals surface area contributed by atoms with E-state index in [0.717, 1.165) is 82.8 Å². The molecule has 3 aromatic heterocycles. The van der Waals surface area contributed by atoms with Gasteiger partial charge >= 0.3 is 0 Å². The average molecular weight is 787 g/mol. The fourth-order valence-corrected chi connectivity index (χ4v) is 8.73. The third-order valence-corrected chi connectivity index (χ3v) is 11.6. The fraction of sp³-hybridized carbons (Fsp3) is 0.0727. The highest BCUT2D eigenvalue weighted by Gasteiger charge is 2.27. The molecule has 11 aromatic rings. The average Bonchev–Trinajstić information content (AvgIpc) is 3.86. The summed E-state index contributed by atoms with van der Waals surface area (Å²) in [5.41, 5.74) is 10.8. The Kier molecular flexibility index (Phi) is 8.33. The quantitative estimate of drug-likeness (QED) is 0.124. The number of fused-ring (bicyclic) bond motifs is 7. The van der Waals surface area contributed by atoms with Crippen molar-refractivity contribution in [2.75, 3.05) is 0 Å². The van der Waals surface area contributed by atoms with Crippen LogP contribution in [-0.4, -0.2) is 14.5 Å². The molecule has 0 fully saturated rings. The normalized spacial score (nSPS) is 11.8. The second kappa shape index (κ2) is 14.1. The molecular weight excluding hydrogens is 749 g/mol. The Morgan fingerprint density at radius 2 is 1.39 bits per heavy atom. The molecule has 11 rings (SSSR count). The second-order valence-electron chi connectivity index (χ2n) is 16.5. The van der Waals surface area contributed by atoms with E-state index in [1.165, 1.54) is 11.1 Å². The molecule has 6 nitrogen and oxygen atoms in total. The minimum atomic E-state index is -0.214. The van der Waals surface area contributed by atoms with E-state index in [-0.39, 0.29) is 5.41 Å². The molecule has 0 spiro atoms. The van der Waals surface area contributed by atoms with E-state index in [0.29, 0.717) is 22.8 Å². The Morgan fingerprint density at radius 3 is 2.21 bits per heavy atom. The Hall–Kier alpha value is -8.01. The van der Waals surface area contributed by atoms with Gasteiger partial charge in [-0.15, -0.1) is 0 Å². The van der Waals surface area contributed by atoms with Gasteiger partial charge in [0.2, 0.25) is 0 Å². The molecule has 0 aliphatic carbocycles. The van der Waals surface area contributed by atoms with Gasteiger partial charge in [-0.05, 0) is 123 Å². The van der Waals surface area contributed by atoms with Gasteiger partial charge in [-0.25, -0.2) is 9.83 Å². The smallest absolute Gasteiger partial charge is 0.195 e. The maximum atomic E-state index is 7.97. The Bertz CT molecular complexity index is 3550. The summed E-state index contributed by atoms with van der Waals surface area (Å²) in [6.07, 6.45) is 1.80. The zero-order chi connectivity index (χ0) is 41.2. The lowest BCUT2D eigenvalue weighted by molar-refractivity contribution is 0.483. The molecule has 0 radical (unpaired) electrons. The van der Waals surface area contributed by atoms with Crippen LogP contribution in [0.3, 0.4) is 0 Å². The van der Waals surface area contributed by atoms with Crippen LogP contribution in [0.1, 0.15) is 26.3 Å². The van der Waals surface area contributed by atoms with E-state index in [1.807, 2.05) is 72.8 Å². The number of nitrogens with zero attached hydrogens (tertiary/aromatic N) is 4. The molecule has 0 unspecified atom stereocenters. The minimum Gasteiger partial charge on any atom is -0.457 e. The lowest BCUT2D eigenvalue weighted by Crippen LogP contribution is -2.16. The van der Waals surface area contributed by atoms with E-state index in [9.17, 15) is 0 Å². The zero-order valence-electron chi connectivity index (χ0n) is 33.8. The molecule has 0 saturated carbocycles. The molecule has 6 heteroatoms. The molecule has 290 valence electrons. The zero-order valence-corrected chi connectivity index (χ0v) is 33.8. The lowest BCUT2D eigenvalue weighted by atomic mass is 9.83. The Balaban J connectivity index is 1.19. The second-order valence-corrected chi connectivity index (χ2v) is 16.5. The molecule has 0 N–H and O–H groups in total. The van der Waals surface area contributed by atoms with Crippen molar-refractivity contribution in [1.82, 2.24) is 14.5 Å². The fourth-order valence-electron chi connectivity index (χ4n) is 8.73. The first-order chi connectivity index (χ1) is 29.8. The number of benzene rings is 8. The highest BCUT2D eigenvalue weighted by Crippen LogP contribution is 2.45. The van der Waals surface area contributed by atoms with E-state index < -0.39 is 0 Å². The summed E-state index contributed by atoms with van der Waals surface area (Å²) in [6, 6.07) is 58.0. The van der Waals surface area contributed by atoms with Crippen LogP contribution >= 0.6 is 0 Å². The highest BCUT2D eigenvalue weighted by molar-refractivity contribution is 6.20. The van der Waals surface area contributed by atoms with E-state index >= 15 is 0 Å². The van der Waals surface area contributed by atoms with Crippen LogP contribution in [0.4, 0.5) is 5.69 Å². The molecule has 0 saturated heterocycles. The van der Waals surface area contributed by atoms with E-state index in [1.54, 1.807) is 6.20 Å². The number of imidazole rings is 1. The van der Waals surface area contributed by atoms with Crippen LogP contribution in [0.15, 0.2) is 180 Å². The van der Waals surface area contributed by atoms with Crippen molar-refractivity contribution in [2.24, 2.45) is 0 Å². The number of pyridine rings is 1. The predicted molar refractivity (Wildman–Crippen MR) is 249 cm³/mol. The van der Waals surface area contributed by atoms with Crippen LogP contribution in [0.2, 0.25) is 0 Å². The van der Waals surface area contributed by atoms with E-state index in [4.69, 9.17) is 20.7 Å². The first-order valence-corrected chi connectivity index (χ1v) is 20.4. The van der Waals surface area contributed by atoms with Gasteiger partial charge < -0.3 is 9.15 Å². The number of aromatic nitrogens is 3. The lowest BCUT2D eigenvalue weighted by Gasteiger charge is -2.25. The van der Waals surface area contributed by atoms with Crippen LogP contribution in [0, 0.1) is 6.57 Å². The standard InChI is InChI=1S/C55H38N4O2/c1-55(2,3)46-28-35(34-15-6-5-7-16-34)24-25-50(46)59-51-23-11-10-22-48(51)58-54(59)45-32-39(60-38-18-14-17-36(27-38)47-21-12-13-26-57-47)31-44-43-33-42-37(30-52(43)61-53(44)45)29-49(56-4)41-20-9-8-19-40(41)42/h5-33H,1-3H3. The van der Waals surface area contributed by atoms with E-state index in [2.05, 4.69) is 132 Å². The molecule has 3 heterocycles. The van der Waals surface area contributed by atoms with Gasteiger partial charge in [0.1, 0.15) is 28.5 Å². The van der Waals surface area contributed by atoms with Crippen molar-refractivity contribution in [3.05, 3.63) is 193 Å². The largest absolute Gasteiger partial charge is 0.457 e. The molecule has 0 aliphatic rings. The van der Waals surface area contributed by atoms with Gasteiger partial charge in [0.25, 0.3) is 0 Å². The first-order valence-electron chi connectivity index (χ1n) is 20.4. The number of rotatable bonds is 6. The van der Waals surface area contributed by atoms with Crippen molar-refractivity contribution in [2.45, 2.75) is 26.2 Å². The van der Waals surface area contributed by atoms with Crippen molar-refractivity contribution < 1.29 is 9.15 Å². The van der Waals surface area contributed by atoms with Gasteiger partial charge in [0.15, 0.2) is 5.69 Å². The van der Waals surface area contributed by atoms with Crippen molar-refractivity contribution in [3.8, 4) is 51.0 Å². The number of hydrogen-bond donors (Lipinski definition) is 0. The number of ether oxygens (including phenoxy) is 1. The number of furan rings is 1. The van der Waals surface area contributed by atoms with Crippen LogP contribution in [0.25, 0.3) is 98.8 Å². The summed E-state index contributed by atoms with van der Waals surface area (Å²) in [7, 11) is 0. The van der Waals surface area contributed by atoms with Crippen molar-refractivity contribution in [3.63, 3.8) is 0 Å². The van der Waals surface area contributed by atoms with Crippen molar-refractivity contribution in [1.29, 1.82) is 0 Å². The van der Waals surface area contributed by atoms with Gasteiger partial charge in [-0.3, -0.25) is 9.55 Å². The molecule has 61 heavy (non-hydrogen) atoms. The molecular formula is C55H38N4O2. The topological polar surface area (TPSA) is 57.4 Å². The monoisotopic (exact) mass is 786 g/mol. The molecule has 0 atom stereocenters. The first kappa shape index (κ1) is 36.1. The third-order valence-electron chi connectivity index (χ3n) is 11.6. The van der Waals surface area contributed by atoms with Crippen LogP contribution in [-0.2, 0) is 5.41 Å². The maximum Gasteiger partial charge on any atom is 0.195 e. The summed E-state index contributed by atoms with van der Waals surface area (Å²) in [5.74, 6) is 2.07. The molecule has 0 aliphatic heterocycles. The van der Waals surface area contributed by atoms with Gasteiger partial charge in [-0.1, -0.05) is 112 Å². The van der Waals surface area contributed by atoms with Gasteiger partial charge in [0, 0.05) is 22.5 Å². The predicted octanol–water partition coefficient (Wildman–Crippen LogP) is 15.3.